The minimum absolute atomic E-state index is 0.807. The Morgan fingerprint density at radius 1 is 0.789 bits per heavy atom. The molecule has 0 radical (unpaired) electrons. The van der Waals surface area contributed by atoms with Gasteiger partial charge in [0.2, 0.25) is 0 Å². The standard InChI is InChI=1S/C16H18O.C2H6/c1-2-3-13-17-16-11-9-15(10-12-16)14-7-5-4-6-8-14;1-2/h4-12H,2-3,13H2,1H3;1-2H3. The molecule has 0 bridgehead atoms. The molecule has 0 heterocycles. The van der Waals surface area contributed by atoms with Gasteiger partial charge in [-0.15, -0.1) is 0 Å². The fourth-order valence-corrected chi connectivity index (χ4v) is 1.71. The van der Waals surface area contributed by atoms with E-state index in [0.717, 1.165) is 18.8 Å². The molecule has 0 fully saturated rings. The highest BCUT2D eigenvalue weighted by molar-refractivity contribution is 5.63. The van der Waals surface area contributed by atoms with Crippen molar-refractivity contribution in [3.8, 4) is 16.9 Å². The fraction of sp³-hybridized carbons (Fsp3) is 0.333. The molecule has 0 atom stereocenters. The Labute approximate surface area is 117 Å². The third-order valence-electron chi connectivity index (χ3n) is 2.73. The van der Waals surface area contributed by atoms with Crippen LogP contribution in [0.4, 0.5) is 0 Å². The number of benzene rings is 2. The predicted molar refractivity (Wildman–Crippen MR) is 83.6 cm³/mol. The third-order valence-corrected chi connectivity index (χ3v) is 2.73. The van der Waals surface area contributed by atoms with E-state index in [1.165, 1.54) is 17.5 Å². The van der Waals surface area contributed by atoms with Gasteiger partial charge in [-0.05, 0) is 29.7 Å². The molecule has 0 aliphatic heterocycles. The van der Waals surface area contributed by atoms with Gasteiger partial charge in [-0.1, -0.05) is 69.7 Å². The zero-order valence-corrected chi connectivity index (χ0v) is 12.2. The van der Waals surface area contributed by atoms with Crippen molar-refractivity contribution < 1.29 is 4.74 Å². The van der Waals surface area contributed by atoms with Crippen LogP contribution in [0.3, 0.4) is 0 Å². The highest BCUT2D eigenvalue weighted by atomic mass is 16.5. The molecule has 0 unspecified atom stereocenters. The van der Waals surface area contributed by atoms with Gasteiger partial charge in [0.15, 0.2) is 0 Å². The zero-order chi connectivity index (χ0) is 13.9. The van der Waals surface area contributed by atoms with Crippen molar-refractivity contribution in [1.82, 2.24) is 0 Å². The van der Waals surface area contributed by atoms with Crippen molar-refractivity contribution in [1.29, 1.82) is 0 Å². The summed E-state index contributed by atoms with van der Waals surface area (Å²) in [5.74, 6) is 0.957. The second-order valence-corrected chi connectivity index (χ2v) is 4.09. The molecule has 0 amide bonds. The summed E-state index contributed by atoms with van der Waals surface area (Å²) in [6, 6.07) is 18.7. The first-order valence-electron chi connectivity index (χ1n) is 7.18. The molecule has 2 aromatic rings. The lowest BCUT2D eigenvalue weighted by Gasteiger charge is -2.06. The van der Waals surface area contributed by atoms with E-state index in [9.17, 15) is 0 Å². The first-order chi connectivity index (χ1) is 9.40. The van der Waals surface area contributed by atoms with Gasteiger partial charge in [0, 0.05) is 0 Å². The molecule has 0 aliphatic carbocycles. The van der Waals surface area contributed by atoms with Gasteiger partial charge in [-0.25, -0.2) is 0 Å². The molecule has 0 saturated carbocycles. The lowest BCUT2D eigenvalue weighted by Crippen LogP contribution is -1.95. The Bertz CT molecular complexity index is 431. The van der Waals surface area contributed by atoms with Gasteiger partial charge in [0.05, 0.1) is 6.61 Å². The highest BCUT2D eigenvalue weighted by Gasteiger charge is 1.97. The molecule has 19 heavy (non-hydrogen) atoms. The summed E-state index contributed by atoms with van der Waals surface area (Å²) in [7, 11) is 0. The Morgan fingerprint density at radius 3 is 1.95 bits per heavy atom. The summed E-state index contributed by atoms with van der Waals surface area (Å²) >= 11 is 0. The SMILES string of the molecule is CC.CCCCOc1ccc(-c2ccccc2)cc1. The lowest BCUT2D eigenvalue weighted by atomic mass is 10.1. The molecule has 1 nitrogen and oxygen atoms in total. The van der Waals surface area contributed by atoms with Crippen LogP contribution in [0.2, 0.25) is 0 Å². The topological polar surface area (TPSA) is 9.23 Å². The van der Waals surface area contributed by atoms with Crippen LogP contribution < -0.4 is 4.74 Å². The lowest BCUT2D eigenvalue weighted by molar-refractivity contribution is 0.309. The van der Waals surface area contributed by atoms with Gasteiger partial charge in [0.1, 0.15) is 5.75 Å². The number of hydrogen-bond donors (Lipinski definition) is 0. The molecular weight excluding hydrogens is 232 g/mol. The van der Waals surface area contributed by atoms with Crippen molar-refractivity contribution in [3.63, 3.8) is 0 Å². The Morgan fingerprint density at radius 2 is 1.37 bits per heavy atom. The summed E-state index contributed by atoms with van der Waals surface area (Å²) in [4.78, 5) is 0. The van der Waals surface area contributed by atoms with Crippen LogP contribution in [0.15, 0.2) is 54.6 Å². The van der Waals surface area contributed by atoms with Gasteiger partial charge < -0.3 is 4.74 Å². The second-order valence-electron chi connectivity index (χ2n) is 4.09. The van der Waals surface area contributed by atoms with E-state index in [1.807, 2.05) is 32.0 Å². The molecule has 0 aliphatic rings. The molecule has 102 valence electrons. The number of ether oxygens (including phenoxy) is 1. The molecule has 2 aromatic carbocycles. The summed E-state index contributed by atoms with van der Waals surface area (Å²) < 4.78 is 5.64. The Hall–Kier alpha value is -1.76. The maximum Gasteiger partial charge on any atom is 0.119 e. The van der Waals surface area contributed by atoms with Gasteiger partial charge in [0.25, 0.3) is 0 Å². The molecule has 2 rings (SSSR count). The van der Waals surface area contributed by atoms with Gasteiger partial charge in [-0.3, -0.25) is 0 Å². The van der Waals surface area contributed by atoms with E-state index >= 15 is 0 Å². The van der Waals surface area contributed by atoms with Crippen molar-refractivity contribution in [2.75, 3.05) is 6.61 Å². The van der Waals surface area contributed by atoms with E-state index in [4.69, 9.17) is 4.74 Å². The van der Waals surface area contributed by atoms with Crippen molar-refractivity contribution in [2.24, 2.45) is 0 Å². The predicted octanol–water partition coefficient (Wildman–Crippen LogP) is 5.56. The summed E-state index contributed by atoms with van der Waals surface area (Å²) in [5, 5.41) is 0. The maximum absolute atomic E-state index is 5.64. The number of rotatable bonds is 5. The van der Waals surface area contributed by atoms with Crippen LogP contribution in [0.1, 0.15) is 33.6 Å². The average molecular weight is 256 g/mol. The van der Waals surface area contributed by atoms with Crippen molar-refractivity contribution >= 4 is 0 Å². The van der Waals surface area contributed by atoms with Crippen LogP contribution in [0.5, 0.6) is 5.75 Å². The van der Waals surface area contributed by atoms with Crippen molar-refractivity contribution in [2.45, 2.75) is 33.6 Å². The molecule has 0 N–H and O–H groups in total. The van der Waals surface area contributed by atoms with Crippen LogP contribution in [0.25, 0.3) is 11.1 Å². The number of hydrogen-bond acceptors (Lipinski definition) is 1. The minimum atomic E-state index is 0.807. The number of unbranched alkanes of at least 4 members (excludes halogenated alkanes) is 1. The van der Waals surface area contributed by atoms with E-state index in [1.54, 1.807) is 0 Å². The average Bonchev–Trinajstić information content (AvgIpc) is 2.51. The molecule has 0 aromatic heterocycles. The van der Waals surface area contributed by atoms with E-state index in [-0.39, 0.29) is 0 Å². The smallest absolute Gasteiger partial charge is 0.119 e. The van der Waals surface area contributed by atoms with E-state index < -0.39 is 0 Å². The molecule has 1 heteroatoms. The fourth-order valence-electron chi connectivity index (χ4n) is 1.71. The van der Waals surface area contributed by atoms with E-state index in [2.05, 4.69) is 43.3 Å². The quantitative estimate of drug-likeness (QED) is 0.636. The second kappa shape index (κ2) is 9.21. The monoisotopic (exact) mass is 256 g/mol. The van der Waals surface area contributed by atoms with Crippen LogP contribution >= 0.6 is 0 Å². The molecule has 0 spiro atoms. The first kappa shape index (κ1) is 15.3. The maximum atomic E-state index is 5.64. The Kier molecular flexibility index (Phi) is 7.41. The molecule has 0 saturated heterocycles. The van der Waals surface area contributed by atoms with Crippen LogP contribution in [-0.4, -0.2) is 6.61 Å². The third kappa shape index (κ3) is 5.17. The largest absolute Gasteiger partial charge is 0.494 e. The summed E-state index contributed by atoms with van der Waals surface area (Å²) in [5.41, 5.74) is 2.47. The first-order valence-corrected chi connectivity index (χ1v) is 7.18. The van der Waals surface area contributed by atoms with Crippen LogP contribution in [-0.2, 0) is 0 Å². The minimum Gasteiger partial charge on any atom is -0.494 e. The highest BCUT2D eigenvalue weighted by Crippen LogP contribution is 2.22. The van der Waals surface area contributed by atoms with Gasteiger partial charge in [-0.2, -0.15) is 0 Å². The van der Waals surface area contributed by atoms with Gasteiger partial charge >= 0.3 is 0 Å². The van der Waals surface area contributed by atoms with Crippen molar-refractivity contribution in [3.05, 3.63) is 54.6 Å². The van der Waals surface area contributed by atoms with Crippen LogP contribution in [0, 0.1) is 0 Å². The normalized spacial score (nSPS) is 9.42. The Balaban J connectivity index is 0.000000861. The molecular formula is C18H24O. The zero-order valence-electron chi connectivity index (χ0n) is 12.2. The summed E-state index contributed by atoms with van der Waals surface area (Å²) in [6.45, 7) is 6.98. The van der Waals surface area contributed by atoms with E-state index in [0.29, 0.717) is 0 Å². The summed E-state index contributed by atoms with van der Waals surface area (Å²) in [6.07, 6.45) is 2.28.